The van der Waals surface area contributed by atoms with Gasteiger partial charge in [0.2, 0.25) is 0 Å². The average Bonchev–Trinajstić information content (AvgIpc) is 2.62. The molecule has 0 fully saturated rings. The molecule has 0 bridgehead atoms. The number of rotatable bonds is 3. The molecule has 138 valence electrons. The highest BCUT2D eigenvalue weighted by atomic mass is 35.5. The molecule has 0 saturated carbocycles. The number of hydrogen-bond donors (Lipinski definition) is 0. The summed E-state index contributed by atoms with van der Waals surface area (Å²) < 4.78 is 28.4. The van der Waals surface area contributed by atoms with Crippen LogP contribution in [0.3, 0.4) is 0 Å². The van der Waals surface area contributed by atoms with Crippen LogP contribution in [0.2, 0.25) is 5.02 Å². The minimum Gasteiger partial charge on any atom is -0.462 e. The van der Waals surface area contributed by atoms with E-state index in [0.717, 1.165) is 17.4 Å². The van der Waals surface area contributed by atoms with E-state index in [9.17, 15) is 13.2 Å². The number of carbonyl (C=O) groups is 1. The topological polar surface area (TPSA) is 60.4 Å². The van der Waals surface area contributed by atoms with Crippen molar-refractivity contribution in [3.05, 3.63) is 64.7 Å². The second kappa shape index (κ2) is 8.52. The van der Waals surface area contributed by atoms with Crippen LogP contribution >= 0.6 is 11.6 Å². The van der Waals surface area contributed by atoms with Crippen molar-refractivity contribution in [1.29, 1.82) is 0 Å². The summed E-state index contributed by atoms with van der Waals surface area (Å²) in [6, 6.07) is 13.6. The Labute approximate surface area is 159 Å². The van der Waals surface area contributed by atoms with Crippen molar-refractivity contribution in [2.45, 2.75) is 25.2 Å². The molecule has 0 aliphatic carbocycles. The number of esters is 1. The molecule has 2 aromatic carbocycles. The lowest BCUT2D eigenvalue weighted by Crippen LogP contribution is -2.16. The van der Waals surface area contributed by atoms with Crippen LogP contribution in [0.4, 0.5) is 0 Å². The highest BCUT2D eigenvalue weighted by molar-refractivity contribution is 7.90. The highest BCUT2D eigenvalue weighted by Gasteiger charge is 2.25. The monoisotopic (exact) mass is 392 g/mol. The normalized spacial score (nSPS) is 14.4. The minimum atomic E-state index is -3.26. The summed E-state index contributed by atoms with van der Waals surface area (Å²) in [6.07, 6.45) is 1.72. The minimum absolute atomic E-state index is 0.245. The molecule has 26 heavy (non-hydrogen) atoms. The predicted octanol–water partition coefficient (Wildman–Crippen LogP) is 4.63. The molecule has 1 aliphatic heterocycles. The van der Waals surface area contributed by atoms with Crippen molar-refractivity contribution in [2.24, 2.45) is 0 Å². The van der Waals surface area contributed by atoms with Gasteiger partial charge in [0.1, 0.15) is 0 Å². The number of hydrogen-bond acceptors (Lipinski definition) is 4. The Hall–Kier alpha value is -2.11. The summed E-state index contributed by atoms with van der Waals surface area (Å²) in [5.41, 5.74) is 2.79. The average molecular weight is 393 g/mol. The SMILES string of the molecule is CC.CS(=O)(=O)c1ccc(C2=C(c3cccc(Cl)c3)C(=O)OCC2)cc1. The number of ether oxygens (including phenoxy) is 1. The lowest BCUT2D eigenvalue weighted by Gasteiger charge is -2.21. The van der Waals surface area contributed by atoms with Gasteiger partial charge in [0.05, 0.1) is 17.1 Å². The predicted molar refractivity (Wildman–Crippen MR) is 105 cm³/mol. The maximum atomic E-state index is 12.3. The Bertz CT molecular complexity index is 929. The number of halogens is 1. The van der Waals surface area contributed by atoms with E-state index in [4.69, 9.17) is 16.3 Å². The highest BCUT2D eigenvalue weighted by Crippen LogP contribution is 2.34. The number of carbonyl (C=O) groups excluding carboxylic acids is 1. The first-order valence-electron chi connectivity index (χ1n) is 8.33. The van der Waals surface area contributed by atoms with Crippen LogP contribution in [0.15, 0.2) is 53.4 Å². The molecule has 4 nitrogen and oxygen atoms in total. The summed E-state index contributed by atoms with van der Waals surface area (Å²) in [5, 5.41) is 0.533. The van der Waals surface area contributed by atoms with Crippen molar-refractivity contribution in [3.8, 4) is 0 Å². The van der Waals surface area contributed by atoms with E-state index in [1.807, 2.05) is 13.8 Å². The fourth-order valence-corrected chi connectivity index (χ4v) is 3.51. The van der Waals surface area contributed by atoms with Gasteiger partial charge in [-0.1, -0.05) is 49.7 Å². The third-order valence-electron chi connectivity index (χ3n) is 3.84. The molecule has 0 spiro atoms. The Kier molecular flexibility index (Phi) is 6.62. The molecular weight excluding hydrogens is 372 g/mol. The summed E-state index contributed by atoms with van der Waals surface area (Å²) in [5.74, 6) is -0.397. The Morgan fingerprint density at radius 3 is 2.23 bits per heavy atom. The Morgan fingerprint density at radius 1 is 1.00 bits per heavy atom. The summed E-state index contributed by atoms with van der Waals surface area (Å²) >= 11 is 6.04. The smallest absolute Gasteiger partial charge is 0.339 e. The zero-order chi connectivity index (χ0) is 19.3. The van der Waals surface area contributed by atoms with Crippen LogP contribution < -0.4 is 0 Å². The zero-order valence-electron chi connectivity index (χ0n) is 15.0. The van der Waals surface area contributed by atoms with Gasteiger partial charge >= 0.3 is 5.97 Å². The van der Waals surface area contributed by atoms with E-state index in [2.05, 4.69) is 0 Å². The van der Waals surface area contributed by atoms with Gasteiger partial charge in [-0.25, -0.2) is 13.2 Å². The molecule has 0 atom stereocenters. The van der Waals surface area contributed by atoms with Crippen molar-refractivity contribution in [2.75, 3.05) is 12.9 Å². The second-order valence-corrected chi connectivity index (χ2v) is 8.00. The molecule has 3 rings (SSSR count). The first-order valence-corrected chi connectivity index (χ1v) is 10.6. The Morgan fingerprint density at radius 2 is 1.65 bits per heavy atom. The number of benzene rings is 2. The fraction of sp³-hybridized carbons (Fsp3) is 0.250. The standard InChI is InChI=1S/C18H15ClO4S.C2H6/c1-24(21,22)15-7-5-12(6-8-15)16-9-10-23-18(20)17(16)13-3-2-4-14(19)11-13;1-2/h2-8,11H,9-10H2,1H3;1-2H3. The van der Waals surface area contributed by atoms with E-state index in [1.165, 1.54) is 0 Å². The largest absolute Gasteiger partial charge is 0.462 e. The molecule has 0 unspecified atom stereocenters. The van der Waals surface area contributed by atoms with Gasteiger partial charge in [-0.05, 0) is 41.0 Å². The van der Waals surface area contributed by atoms with E-state index in [-0.39, 0.29) is 4.90 Å². The van der Waals surface area contributed by atoms with Gasteiger partial charge in [0.25, 0.3) is 0 Å². The third kappa shape index (κ3) is 4.54. The molecule has 2 aromatic rings. The molecule has 1 heterocycles. The molecule has 0 aromatic heterocycles. The lowest BCUT2D eigenvalue weighted by atomic mass is 9.91. The molecular formula is C20H21ClO4S. The van der Waals surface area contributed by atoms with Gasteiger partial charge in [-0.2, -0.15) is 0 Å². The molecule has 0 N–H and O–H groups in total. The lowest BCUT2D eigenvalue weighted by molar-refractivity contribution is -0.136. The van der Waals surface area contributed by atoms with Crippen LogP contribution in [0.5, 0.6) is 0 Å². The fourth-order valence-electron chi connectivity index (χ4n) is 2.69. The number of cyclic esters (lactones) is 1. The molecule has 0 saturated heterocycles. The number of sulfone groups is 1. The molecule has 0 amide bonds. The van der Waals surface area contributed by atoms with Gasteiger partial charge in [-0.15, -0.1) is 0 Å². The third-order valence-corrected chi connectivity index (χ3v) is 5.20. The van der Waals surface area contributed by atoms with Gasteiger partial charge in [-0.3, -0.25) is 0 Å². The van der Waals surface area contributed by atoms with E-state index < -0.39 is 15.8 Å². The van der Waals surface area contributed by atoms with Crippen LogP contribution in [-0.4, -0.2) is 27.2 Å². The van der Waals surface area contributed by atoms with Crippen LogP contribution in [0.25, 0.3) is 11.1 Å². The van der Waals surface area contributed by atoms with Gasteiger partial charge in [0, 0.05) is 17.7 Å². The summed E-state index contributed by atoms with van der Waals surface area (Å²) in [7, 11) is -3.26. The Balaban J connectivity index is 0.00000117. The second-order valence-electron chi connectivity index (χ2n) is 5.55. The van der Waals surface area contributed by atoms with E-state index in [0.29, 0.717) is 29.2 Å². The summed E-state index contributed by atoms with van der Waals surface area (Å²) in [4.78, 5) is 12.5. The first kappa shape index (κ1) is 20.2. The van der Waals surface area contributed by atoms with Crippen molar-refractivity contribution < 1.29 is 17.9 Å². The first-order chi connectivity index (χ1) is 12.4. The quantitative estimate of drug-likeness (QED) is 0.714. The zero-order valence-corrected chi connectivity index (χ0v) is 16.5. The molecule has 0 radical (unpaired) electrons. The summed E-state index contributed by atoms with van der Waals surface area (Å²) in [6.45, 7) is 4.30. The van der Waals surface area contributed by atoms with Gasteiger partial charge < -0.3 is 4.74 Å². The molecule has 1 aliphatic rings. The maximum Gasteiger partial charge on any atom is 0.339 e. The van der Waals surface area contributed by atoms with Crippen molar-refractivity contribution >= 4 is 38.6 Å². The van der Waals surface area contributed by atoms with E-state index >= 15 is 0 Å². The van der Waals surface area contributed by atoms with Crippen molar-refractivity contribution in [1.82, 2.24) is 0 Å². The maximum absolute atomic E-state index is 12.3. The van der Waals surface area contributed by atoms with Crippen LogP contribution in [-0.2, 0) is 19.4 Å². The molecule has 6 heteroatoms. The van der Waals surface area contributed by atoms with Crippen molar-refractivity contribution in [3.63, 3.8) is 0 Å². The van der Waals surface area contributed by atoms with Crippen LogP contribution in [0.1, 0.15) is 31.4 Å². The van der Waals surface area contributed by atoms with Crippen LogP contribution in [0, 0.1) is 0 Å². The van der Waals surface area contributed by atoms with E-state index in [1.54, 1.807) is 48.5 Å². The van der Waals surface area contributed by atoms with Gasteiger partial charge in [0.15, 0.2) is 9.84 Å².